The van der Waals surface area contributed by atoms with Crippen LogP contribution in [0.2, 0.25) is 0 Å². The molecule has 0 unspecified atom stereocenters. The van der Waals surface area contributed by atoms with E-state index in [1.807, 2.05) is 0 Å². The molecular weight excluding hydrogens is 300 g/mol. The standard InChI is InChI=1S/C21H28O3/c1-7(22)24-21-14-9-4-2-3-8(9)13-17(14)18-15(21)10-5-6-11-12(10)16(18)19(13)20(11)23/h8-21,23H,2-6H2,1H3/t8-,9+,10+,11+,12+,13+,14+,15-,16-,17-,18+,19+,20+,21+/m0/s1. The highest BCUT2D eigenvalue weighted by Gasteiger charge is 2.81. The lowest BCUT2D eigenvalue weighted by atomic mass is 9.77. The second-order valence-corrected chi connectivity index (χ2v) is 10.3. The van der Waals surface area contributed by atoms with E-state index in [0.717, 1.165) is 47.3 Å². The summed E-state index contributed by atoms with van der Waals surface area (Å²) >= 11 is 0. The fourth-order valence-corrected chi connectivity index (χ4v) is 10.7. The molecule has 3 heteroatoms. The molecule has 0 spiro atoms. The molecule has 1 N–H and O–H groups in total. The molecule has 14 atom stereocenters. The monoisotopic (exact) mass is 328 g/mol. The second-order valence-electron chi connectivity index (χ2n) is 10.3. The minimum atomic E-state index is -0.0545. The van der Waals surface area contributed by atoms with Crippen molar-refractivity contribution >= 4 is 5.97 Å². The van der Waals surface area contributed by atoms with E-state index in [0.29, 0.717) is 23.7 Å². The van der Waals surface area contributed by atoms with Gasteiger partial charge in [-0.2, -0.15) is 0 Å². The van der Waals surface area contributed by atoms with Gasteiger partial charge in [0.15, 0.2) is 0 Å². The molecule has 0 aromatic carbocycles. The third kappa shape index (κ3) is 1.20. The van der Waals surface area contributed by atoms with E-state index in [1.54, 1.807) is 6.92 Å². The maximum Gasteiger partial charge on any atom is 0.302 e. The van der Waals surface area contributed by atoms with Crippen LogP contribution >= 0.6 is 0 Å². The van der Waals surface area contributed by atoms with Gasteiger partial charge in [0.1, 0.15) is 6.10 Å². The number of hydrogen-bond acceptors (Lipinski definition) is 3. The van der Waals surface area contributed by atoms with Crippen molar-refractivity contribution in [2.45, 2.75) is 51.2 Å². The number of esters is 1. The average molecular weight is 328 g/mol. The van der Waals surface area contributed by atoms with Crippen molar-refractivity contribution in [3.63, 3.8) is 0 Å². The lowest BCUT2D eigenvalue weighted by molar-refractivity contribution is -0.152. The lowest BCUT2D eigenvalue weighted by Crippen LogP contribution is -2.35. The summed E-state index contributed by atoms with van der Waals surface area (Å²) in [5, 5.41) is 11.2. The quantitative estimate of drug-likeness (QED) is 0.753. The first kappa shape index (κ1) is 13.6. The summed E-state index contributed by atoms with van der Waals surface area (Å²) in [5.74, 6) is 8.67. The molecule has 3 nitrogen and oxygen atoms in total. The zero-order valence-corrected chi connectivity index (χ0v) is 14.4. The summed E-state index contributed by atoms with van der Waals surface area (Å²) in [4.78, 5) is 11.9. The summed E-state index contributed by atoms with van der Waals surface area (Å²) in [5.41, 5.74) is 0. The van der Waals surface area contributed by atoms with Gasteiger partial charge in [-0.15, -0.1) is 0 Å². The number of carbonyl (C=O) groups excluding carboxylic acids is 1. The van der Waals surface area contributed by atoms with Crippen LogP contribution in [0.25, 0.3) is 0 Å². The van der Waals surface area contributed by atoms with E-state index in [1.165, 1.54) is 32.1 Å². The van der Waals surface area contributed by atoms with Crippen LogP contribution in [0.5, 0.6) is 0 Å². The van der Waals surface area contributed by atoms with Crippen molar-refractivity contribution < 1.29 is 14.6 Å². The van der Waals surface area contributed by atoms with Crippen molar-refractivity contribution in [2.24, 2.45) is 71.0 Å². The minimum absolute atomic E-state index is 0.00581. The van der Waals surface area contributed by atoms with Crippen molar-refractivity contribution in [1.29, 1.82) is 0 Å². The Bertz CT molecular complexity index is 625. The zero-order valence-electron chi connectivity index (χ0n) is 14.4. The lowest BCUT2D eigenvalue weighted by Gasteiger charge is -2.31. The molecule has 0 aromatic rings. The summed E-state index contributed by atoms with van der Waals surface area (Å²) in [6.07, 6.45) is 6.82. The van der Waals surface area contributed by atoms with Gasteiger partial charge in [-0.25, -0.2) is 0 Å². The maximum absolute atomic E-state index is 11.9. The first-order valence-corrected chi connectivity index (χ1v) is 10.5. The molecule has 130 valence electrons. The number of rotatable bonds is 1. The maximum atomic E-state index is 11.9. The molecular formula is C21H28O3. The molecule has 7 aliphatic carbocycles. The Morgan fingerprint density at radius 3 is 2.17 bits per heavy atom. The molecule has 7 aliphatic rings. The van der Waals surface area contributed by atoms with Gasteiger partial charge in [0.05, 0.1) is 6.10 Å². The Hall–Kier alpha value is -0.570. The normalized spacial score (nSPS) is 69.4. The highest BCUT2D eigenvalue weighted by atomic mass is 16.5. The number of hydrogen-bond donors (Lipinski definition) is 1. The third-order valence-corrected chi connectivity index (χ3v) is 10.4. The number of carbonyl (C=O) groups is 1. The van der Waals surface area contributed by atoms with Gasteiger partial charge in [0.2, 0.25) is 0 Å². The molecule has 24 heavy (non-hydrogen) atoms. The Labute approximate surface area is 143 Å². The first-order valence-electron chi connectivity index (χ1n) is 10.5. The van der Waals surface area contributed by atoms with Crippen molar-refractivity contribution in [3.05, 3.63) is 0 Å². The molecule has 0 aliphatic heterocycles. The largest absolute Gasteiger partial charge is 0.462 e. The van der Waals surface area contributed by atoms with Crippen LogP contribution in [0.15, 0.2) is 0 Å². The molecule has 0 radical (unpaired) electrons. The summed E-state index contributed by atoms with van der Waals surface area (Å²) < 4.78 is 6.10. The second kappa shape index (κ2) is 4.05. The van der Waals surface area contributed by atoms with Crippen molar-refractivity contribution in [2.75, 3.05) is 0 Å². The van der Waals surface area contributed by atoms with Crippen LogP contribution < -0.4 is 0 Å². The smallest absolute Gasteiger partial charge is 0.302 e. The van der Waals surface area contributed by atoms with Gasteiger partial charge in [0.25, 0.3) is 0 Å². The molecule has 7 saturated carbocycles. The summed E-state index contributed by atoms with van der Waals surface area (Å²) in [6.45, 7) is 1.62. The van der Waals surface area contributed by atoms with Crippen LogP contribution in [0.4, 0.5) is 0 Å². The highest BCUT2D eigenvalue weighted by Crippen LogP contribution is 2.82. The van der Waals surface area contributed by atoms with Gasteiger partial charge in [-0.05, 0) is 84.9 Å². The van der Waals surface area contributed by atoms with Crippen molar-refractivity contribution in [3.8, 4) is 0 Å². The van der Waals surface area contributed by atoms with E-state index in [9.17, 15) is 9.90 Å². The molecule has 7 fully saturated rings. The predicted molar refractivity (Wildman–Crippen MR) is 86.5 cm³/mol. The Kier molecular flexibility index (Phi) is 2.30. The van der Waals surface area contributed by atoms with Crippen LogP contribution in [-0.4, -0.2) is 23.3 Å². The average Bonchev–Trinajstić information content (AvgIpc) is 3.27. The third-order valence-electron chi connectivity index (χ3n) is 10.4. The van der Waals surface area contributed by atoms with Crippen LogP contribution in [0.3, 0.4) is 0 Å². The topological polar surface area (TPSA) is 46.5 Å². The van der Waals surface area contributed by atoms with Crippen molar-refractivity contribution in [1.82, 2.24) is 0 Å². The van der Waals surface area contributed by atoms with E-state index in [-0.39, 0.29) is 18.2 Å². The van der Waals surface area contributed by atoms with Crippen LogP contribution in [0, 0.1) is 71.0 Å². The molecule has 0 saturated heterocycles. The fourth-order valence-electron chi connectivity index (χ4n) is 10.7. The summed E-state index contributed by atoms with van der Waals surface area (Å²) in [6, 6.07) is 0. The molecule has 7 rings (SSSR count). The molecule has 0 amide bonds. The number of fused-ring (bicyclic) bond motifs is 5. The molecule has 0 bridgehead atoms. The van der Waals surface area contributed by atoms with Crippen LogP contribution in [-0.2, 0) is 9.53 Å². The van der Waals surface area contributed by atoms with Gasteiger partial charge in [0, 0.05) is 18.8 Å². The molecule has 0 heterocycles. The van der Waals surface area contributed by atoms with E-state index in [4.69, 9.17) is 4.74 Å². The van der Waals surface area contributed by atoms with E-state index >= 15 is 0 Å². The molecule has 0 aromatic heterocycles. The van der Waals surface area contributed by atoms with E-state index in [2.05, 4.69) is 0 Å². The van der Waals surface area contributed by atoms with E-state index < -0.39 is 0 Å². The Morgan fingerprint density at radius 1 is 0.750 bits per heavy atom. The van der Waals surface area contributed by atoms with Gasteiger partial charge in [-0.3, -0.25) is 4.79 Å². The number of aliphatic hydroxyl groups is 1. The Balaban J connectivity index is 1.42. The SMILES string of the molecule is CC(=O)O[C@H]1[C@H]2[C@@H]3CC[C@H]4[C@@H](O)[C@@H]5[C@@H]6[C@H]7CCC[C@H]7[C@@H]1[C@H]6[C@H]2[C@@H]5[C@H]34. The van der Waals surface area contributed by atoms with Gasteiger partial charge >= 0.3 is 5.97 Å². The minimum Gasteiger partial charge on any atom is -0.462 e. The van der Waals surface area contributed by atoms with Gasteiger partial charge < -0.3 is 9.84 Å². The first-order chi connectivity index (χ1) is 11.7. The predicted octanol–water partition coefficient (Wildman–Crippen LogP) is 2.72. The highest BCUT2D eigenvalue weighted by molar-refractivity contribution is 5.66. The summed E-state index contributed by atoms with van der Waals surface area (Å²) in [7, 11) is 0. The number of ether oxygens (including phenoxy) is 1. The fraction of sp³-hybridized carbons (Fsp3) is 0.952. The van der Waals surface area contributed by atoms with Gasteiger partial charge in [-0.1, -0.05) is 6.42 Å². The number of aliphatic hydroxyl groups excluding tert-OH is 1. The Morgan fingerprint density at radius 2 is 1.38 bits per heavy atom. The zero-order chi connectivity index (χ0) is 15.9. The van der Waals surface area contributed by atoms with Crippen LogP contribution in [0.1, 0.15) is 39.0 Å².